The second-order valence-corrected chi connectivity index (χ2v) is 6.22. The first-order valence-electron chi connectivity index (χ1n) is 7.26. The predicted molar refractivity (Wildman–Crippen MR) is 84.4 cm³/mol. The average molecular weight is 283 g/mol. The molecule has 0 radical (unpaired) electrons. The van der Waals surface area contributed by atoms with Gasteiger partial charge in [0.1, 0.15) is 5.82 Å². The van der Waals surface area contributed by atoms with E-state index in [0.717, 1.165) is 42.7 Å². The van der Waals surface area contributed by atoms with Crippen molar-refractivity contribution in [1.82, 2.24) is 9.97 Å². The van der Waals surface area contributed by atoms with E-state index in [0.29, 0.717) is 0 Å². The number of nitrogens with zero attached hydrogens (tertiary/aromatic N) is 3. The first kappa shape index (κ1) is 14.0. The van der Waals surface area contributed by atoms with E-state index in [2.05, 4.69) is 23.9 Å². The summed E-state index contributed by atoms with van der Waals surface area (Å²) in [6.45, 7) is 6.86. The zero-order valence-corrected chi connectivity index (χ0v) is 12.8. The van der Waals surface area contributed by atoms with E-state index in [1.54, 1.807) is 0 Å². The summed E-state index contributed by atoms with van der Waals surface area (Å²) < 4.78 is 5.33. The van der Waals surface area contributed by atoms with Crippen LogP contribution in [0, 0.1) is 12.3 Å². The molecule has 0 spiro atoms. The van der Waals surface area contributed by atoms with Gasteiger partial charge in [-0.25, -0.2) is 9.97 Å². The summed E-state index contributed by atoms with van der Waals surface area (Å²) in [4.78, 5) is 11.5. The molecule has 1 saturated heterocycles. The van der Waals surface area contributed by atoms with Gasteiger partial charge in [-0.05, 0) is 6.92 Å². The number of hydrogen-bond acceptors (Lipinski definition) is 4. The molecule has 0 N–H and O–H groups in total. The summed E-state index contributed by atoms with van der Waals surface area (Å²) in [7, 11) is 2.08. The van der Waals surface area contributed by atoms with Crippen LogP contribution in [0.3, 0.4) is 0 Å². The van der Waals surface area contributed by atoms with Crippen molar-refractivity contribution in [2.24, 2.45) is 5.41 Å². The van der Waals surface area contributed by atoms with Crippen molar-refractivity contribution in [3.63, 3.8) is 0 Å². The molecule has 1 aliphatic heterocycles. The number of anilines is 1. The number of hydrogen-bond donors (Lipinski definition) is 0. The summed E-state index contributed by atoms with van der Waals surface area (Å²) in [6.07, 6.45) is 0. The van der Waals surface area contributed by atoms with Gasteiger partial charge in [-0.2, -0.15) is 0 Å². The average Bonchev–Trinajstić information content (AvgIpc) is 2.46. The number of benzene rings is 1. The van der Waals surface area contributed by atoms with E-state index >= 15 is 0 Å². The van der Waals surface area contributed by atoms with E-state index in [9.17, 15) is 0 Å². The van der Waals surface area contributed by atoms with Gasteiger partial charge in [0, 0.05) is 36.3 Å². The summed E-state index contributed by atoms with van der Waals surface area (Å²) >= 11 is 0. The van der Waals surface area contributed by atoms with Crippen LogP contribution < -0.4 is 4.90 Å². The predicted octanol–water partition coefficient (Wildman–Crippen LogP) is 2.92. The van der Waals surface area contributed by atoms with E-state index in [4.69, 9.17) is 9.72 Å². The smallest absolute Gasteiger partial charge is 0.161 e. The molecule has 0 aliphatic carbocycles. The number of aryl methyl sites for hydroxylation is 1. The topological polar surface area (TPSA) is 38.2 Å². The van der Waals surface area contributed by atoms with Crippen LogP contribution in [-0.2, 0) is 4.74 Å². The molecule has 1 aromatic carbocycles. The highest BCUT2D eigenvalue weighted by Gasteiger charge is 2.34. The Labute approximate surface area is 125 Å². The normalized spacial score (nSPS) is 16.3. The van der Waals surface area contributed by atoms with Gasteiger partial charge < -0.3 is 9.64 Å². The maximum atomic E-state index is 5.33. The third kappa shape index (κ3) is 3.05. The molecule has 4 heteroatoms. The van der Waals surface area contributed by atoms with E-state index in [1.807, 2.05) is 43.3 Å². The van der Waals surface area contributed by atoms with Crippen molar-refractivity contribution in [2.45, 2.75) is 13.8 Å². The first-order chi connectivity index (χ1) is 10.1. The minimum Gasteiger partial charge on any atom is -0.380 e. The number of ether oxygens (including phenoxy) is 1. The van der Waals surface area contributed by atoms with E-state index in [1.165, 1.54) is 0 Å². The van der Waals surface area contributed by atoms with Crippen LogP contribution >= 0.6 is 0 Å². The summed E-state index contributed by atoms with van der Waals surface area (Å²) in [5, 5.41) is 0. The Kier molecular flexibility index (Phi) is 3.64. The van der Waals surface area contributed by atoms with Crippen LogP contribution in [0.4, 0.5) is 5.82 Å². The quantitative estimate of drug-likeness (QED) is 0.864. The van der Waals surface area contributed by atoms with E-state index in [-0.39, 0.29) is 5.41 Å². The second kappa shape index (κ2) is 5.45. The summed E-state index contributed by atoms with van der Waals surface area (Å²) in [5.41, 5.74) is 2.27. The Balaban J connectivity index is 1.87. The fourth-order valence-electron chi connectivity index (χ4n) is 2.66. The Hall–Kier alpha value is -1.94. The molecule has 1 aliphatic rings. The van der Waals surface area contributed by atoms with Gasteiger partial charge in [0.25, 0.3) is 0 Å². The zero-order chi connectivity index (χ0) is 14.9. The lowest BCUT2D eigenvalue weighted by molar-refractivity contribution is -0.0952. The lowest BCUT2D eigenvalue weighted by atomic mass is 9.88. The molecule has 2 aromatic rings. The molecule has 1 fully saturated rings. The van der Waals surface area contributed by atoms with Crippen molar-refractivity contribution in [2.75, 3.05) is 31.7 Å². The van der Waals surface area contributed by atoms with Crippen LogP contribution in [0.5, 0.6) is 0 Å². The van der Waals surface area contributed by atoms with Gasteiger partial charge in [-0.3, -0.25) is 0 Å². The molecule has 2 heterocycles. The summed E-state index contributed by atoms with van der Waals surface area (Å²) in [6, 6.07) is 12.1. The minimum absolute atomic E-state index is 0.237. The van der Waals surface area contributed by atoms with Crippen molar-refractivity contribution < 1.29 is 4.74 Å². The lowest BCUT2D eigenvalue weighted by Gasteiger charge is -2.41. The highest BCUT2D eigenvalue weighted by molar-refractivity contribution is 5.57. The molecule has 0 unspecified atom stereocenters. The Bertz CT molecular complexity index is 623. The Morgan fingerprint density at radius 2 is 1.90 bits per heavy atom. The third-order valence-corrected chi connectivity index (χ3v) is 3.78. The van der Waals surface area contributed by atoms with Gasteiger partial charge in [-0.15, -0.1) is 0 Å². The van der Waals surface area contributed by atoms with Gasteiger partial charge in [-0.1, -0.05) is 37.3 Å². The van der Waals surface area contributed by atoms with Crippen LogP contribution in [0.25, 0.3) is 11.4 Å². The first-order valence-corrected chi connectivity index (χ1v) is 7.26. The van der Waals surface area contributed by atoms with Crippen molar-refractivity contribution >= 4 is 5.82 Å². The van der Waals surface area contributed by atoms with Crippen LogP contribution in [0.2, 0.25) is 0 Å². The van der Waals surface area contributed by atoms with Gasteiger partial charge in [0.15, 0.2) is 5.82 Å². The molecule has 0 amide bonds. The molecule has 21 heavy (non-hydrogen) atoms. The molecular formula is C17H21N3O. The molecule has 1 aromatic heterocycles. The Morgan fingerprint density at radius 1 is 1.19 bits per heavy atom. The standard InChI is InChI=1S/C17H21N3O/c1-13-9-15(20(3)10-17(2)11-21-12-17)19-16(18-13)14-7-5-4-6-8-14/h4-9H,10-12H2,1-3H3. The van der Waals surface area contributed by atoms with Crippen LogP contribution in [0.1, 0.15) is 12.6 Å². The zero-order valence-electron chi connectivity index (χ0n) is 12.8. The molecule has 4 nitrogen and oxygen atoms in total. The Morgan fingerprint density at radius 3 is 2.52 bits per heavy atom. The lowest BCUT2D eigenvalue weighted by Crippen LogP contribution is -2.48. The minimum atomic E-state index is 0.237. The SMILES string of the molecule is Cc1cc(N(C)CC2(C)COC2)nc(-c2ccccc2)n1. The molecule has 0 bridgehead atoms. The van der Waals surface area contributed by atoms with Gasteiger partial charge in [0.05, 0.1) is 13.2 Å². The molecule has 0 saturated carbocycles. The number of rotatable bonds is 4. The van der Waals surface area contributed by atoms with Gasteiger partial charge in [0.2, 0.25) is 0 Å². The highest BCUT2D eigenvalue weighted by Crippen LogP contribution is 2.29. The summed E-state index contributed by atoms with van der Waals surface area (Å²) in [5.74, 6) is 1.75. The van der Waals surface area contributed by atoms with Crippen LogP contribution in [0.15, 0.2) is 36.4 Å². The molecule has 0 atom stereocenters. The maximum Gasteiger partial charge on any atom is 0.161 e. The number of aromatic nitrogens is 2. The fourth-order valence-corrected chi connectivity index (χ4v) is 2.66. The van der Waals surface area contributed by atoms with Crippen molar-refractivity contribution in [3.05, 3.63) is 42.1 Å². The molecular weight excluding hydrogens is 262 g/mol. The molecule has 110 valence electrons. The third-order valence-electron chi connectivity index (χ3n) is 3.78. The van der Waals surface area contributed by atoms with Crippen LogP contribution in [-0.4, -0.2) is 36.8 Å². The highest BCUT2D eigenvalue weighted by atomic mass is 16.5. The second-order valence-electron chi connectivity index (χ2n) is 6.22. The largest absolute Gasteiger partial charge is 0.380 e. The molecule has 3 rings (SSSR count). The fraction of sp³-hybridized carbons (Fsp3) is 0.412. The van der Waals surface area contributed by atoms with E-state index < -0.39 is 0 Å². The monoisotopic (exact) mass is 283 g/mol. The van der Waals surface area contributed by atoms with Crippen molar-refractivity contribution in [1.29, 1.82) is 0 Å². The van der Waals surface area contributed by atoms with Gasteiger partial charge >= 0.3 is 0 Å². The maximum absolute atomic E-state index is 5.33. The van der Waals surface area contributed by atoms with Crippen molar-refractivity contribution in [3.8, 4) is 11.4 Å².